The normalized spacial score (nSPS) is 19.2. The Hall–Kier alpha value is -2.09. The van der Waals surface area contributed by atoms with Crippen molar-refractivity contribution >= 4 is 29.2 Å². The third kappa shape index (κ3) is 6.20. The van der Waals surface area contributed by atoms with E-state index < -0.39 is 11.7 Å². The Morgan fingerprint density at radius 3 is 2.70 bits per heavy atom. The number of ether oxygens (including phenoxy) is 1. The summed E-state index contributed by atoms with van der Waals surface area (Å²) in [5, 5.41) is 4.86. The van der Waals surface area contributed by atoms with Crippen LogP contribution in [0.5, 0.6) is 0 Å². The molecule has 1 aromatic heterocycles. The first-order chi connectivity index (χ1) is 14.2. The van der Waals surface area contributed by atoms with Crippen LogP contribution in [0, 0.1) is 0 Å². The predicted octanol–water partition coefficient (Wildman–Crippen LogP) is 3.32. The lowest BCUT2D eigenvalue weighted by Crippen LogP contribution is -2.50. The number of carbonyl (C=O) groups is 3. The maximum atomic E-state index is 12.8. The molecular formula is C22H33N3O4S. The van der Waals surface area contributed by atoms with Gasteiger partial charge in [-0.2, -0.15) is 0 Å². The third-order valence-electron chi connectivity index (χ3n) is 5.54. The SMILES string of the molecule is CC(C)(C)OC(=O)NCC1CCCCN1C(=O)CCC(=O)N1CCc2sccc2C1. The van der Waals surface area contributed by atoms with Crippen molar-refractivity contribution in [1.82, 2.24) is 15.1 Å². The summed E-state index contributed by atoms with van der Waals surface area (Å²) in [4.78, 5) is 42.5. The minimum Gasteiger partial charge on any atom is -0.444 e. The third-order valence-corrected chi connectivity index (χ3v) is 6.56. The molecular weight excluding hydrogens is 402 g/mol. The molecule has 8 heteroatoms. The van der Waals surface area contributed by atoms with Gasteiger partial charge in [0, 0.05) is 49.9 Å². The minimum absolute atomic E-state index is 0.00716. The molecule has 0 aromatic carbocycles. The van der Waals surface area contributed by atoms with E-state index in [0.717, 1.165) is 32.2 Å². The van der Waals surface area contributed by atoms with Gasteiger partial charge in [-0.15, -0.1) is 11.3 Å². The van der Waals surface area contributed by atoms with Crippen molar-refractivity contribution in [2.24, 2.45) is 0 Å². The van der Waals surface area contributed by atoms with E-state index in [1.54, 1.807) is 11.3 Å². The van der Waals surface area contributed by atoms with Crippen LogP contribution in [0.4, 0.5) is 4.79 Å². The first-order valence-electron chi connectivity index (χ1n) is 10.8. The van der Waals surface area contributed by atoms with E-state index in [9.17, 15) is 14.4 Å². The number of thiophene rings is 1. The van der Waals surface area contributed by atoms with Crippen molar-refractivity contribution in [2.45, 2.75) is 77.5 Å². The Kier molecular flexibility index (Phi) is 7.39. The van der Waals surface area contributed by atoms with Crippen molar-refractivity contribution < 1.29 is 19.1 Å². The highest BCUT2D eigenvalue weighted by Gasteiger charge is 2.29. The topological polar surface area (TPSA) is 79.0 Å². The number of rotatable bonds is 5. The summed E-state index contributed by atoms with van der Waals surface area (Å²) in [5.74, 6) is 0.0351. The molecule has 7 nitrogen and oxygen atoms in total. The second-order valence-corrected chi connectivity index (χ2v) is 10.1. The Morgan fingerprint density at radius 1 is 1.17 bits per heavy atom. The van der Waals surface area contributed by atoms with E-state index in [1.165, 1.54) is 10.4 Å². The molecule has 1 unspecified atom stereocenters. The van der Waals surface area contributed by atoms with Gasteiger partial charge in [-0.05, 0) is 63.5 Å². The van der Waals surface area contributed by atoms with Crippen LogP contribution in [0.25, 0.3) is 0 Å². The fraction of sp³-hybridized carbons (Fsp3) is 0.682. The molecule has 1 fully saturated rings. The van der Waals surface area contributed by atoms with E-state index in [2.05, 4.69) is 16.8 Å². The standard InChI is InChI=1S/C22H33N3O4S/c1-22(2,3)29-21(28)23-14-17-6-4-5-11-25(17)20(27)8-7-19(26)24-12-9-18-16(15-24)10-13-30-18/h10,13,17H,4-9,11-12,14-15H2,1-3H3,(H,23,28). The highest BCUT2D eigenvalue weighted by molar-refractivity contribution is 7.10. The largest absolute Gasteiger partial charge is 0.444 e. The van der Waals surface area contributed by atoms with Gasteiger partial charge >= 0.3 is 6.09 Å². The quantitative estimate of drug-likeness (QED) is 0.770. The van der Waals surface area contributed by atoms with Gasteiger partial charge < -0.3 is 19.9 Å². The molecule has 30 heavy (non-hydrogen) atoms. The summed E-state index contributed by atoms with van der Waals surface area (Å²) >= 11 is 1.75. The zero-order valence-corrected chi connectivity index (χ0v) is 19.1. The summed E-state index contributed by atoms with van der Waals surface area (Å²) in [5.41, 5.74) is 0.681. The molecule has 2 aliphatic heterocycles. The van der Waals surface area contributed by atoms with Crippen molar-refractivity contribution in [3.05, 3.63) is 21.9 Å². The number of hydrogen-bond acceptors (Lipinski definition) is 5. The summed E-state index contributed by atoms with van der Waals surface area (Å²) in [6, 6.07) is 2.04. The number of nitrogens with zero attached hydrogens (tertiary/aromatic N) is 2. The molecule has 1 N–H and O–H groups in total. The molecule has 166 valence electrons. The van der Waals surface area contributed by atoms with E-state index in [1.807, 2.05) is 30.6 Å². The first kappa shape index (κ1) is 22.6. The smallest absolute Gasteiger partial charge is 0.407 e. The van der Waals surface area contributed by atoms with Crippen molar-refractivity contribution in [3.63, 3.8) is 0 Å². The van der Waals surface area contributed by atoms with E-state index in [4.69, 9.17) is 4.74 Å². The maximum Gasteiger partial charge on any atom is 0.407 e. The minimum atomic E-state index is -0.551. The molecule has 0 bridgehead atoms. The van der Waals surface area contributed by atoms with Crippen molar-refractivity contribution in [3.8, 4) is 0 Å². The van der Waals surface area contributed by atoms with Crippen LogP contribution >= 0.6 is 11.3 Å². The lowest BCUT2D eigenvalue weighted by atomic mass is 10.0. The molecule has 3 heterocycles. The van der Waals surface area contributed by atoms with Crippen molar-refractivity contribution in [1.29, 1.82) is 0 Å². The molecule has 0 radical (unpaired) electrons. The van der Waals surface area contributed by atoms with Gasteiger partial charge in [-0.1, -0.05) is 0 Å². The van der Waals surface area contributed by atoms with Gasteiger partial charge in [0.15, 0.2) is 0 Å². The van der Waals surface area contributed by atoms with Gasteiger partial charge in [0.1, 0.15) is 5.60 Å². The molecule has 1 aromatic rings. The summed E-state index contributed by atoms with van der Waals surface area (Å²) < 4.78 is 5.29. The Morgan fingerprint density at radius 2 is 1.93 bits per heavy atom. The predicted molar refractivity (Wildman–Crippen MR) is 116 cm³/mol. The number of amides is 3. The zero-order chi connectivity index (χ0) is 21.7. The monoisotopic (exact) mass is 435 g/mol. The molecule has 3 rings (SSSR count). The molecule has 1 atom stereocenters. The average Bonchev–Trinajstić information content (AvgIpc) is 3.17. The number of piperidine rings is 1. The van der Waals surface area contributed by atoms with Crippen LogP contribution in [0.1, 0.15) is 63.3 Å². The van der Waals surface area contributed by atoms with E-state index >= 15 is 0 Å². The number of nitrogens with one attached hydrogen (secondary N) is 1. The Balaban J connectivity index is 1.47. The van der Waals surface area contributed by atoms with Gasteiger partial charge in [0.05, 0.1) is 0 Å². The second-order valence-electron chi connectivity index (χ2n) is 9.05. The van der Waals surface area contributed by atoms with Gasteiger partial charge in [-0.25, -0.2) is 4.79 Å². The molecule has 2 aliphatic rings. The summed E-state index contributed by atoms with van der Waals surface area (Å²) in [6.07, 6.45) is 3.72. The fourth-order valence-corrected chi connectivity index (χ4v) is 4.92. The summed E-state index contributed by atoms with van der Waals surface area (Å²) in [6.45, 7) is 7.90. The number of alkyl carbamates (subject to hydrolysis) is 1. The number of fused-ring (bicyclic) bond motifs is 1. The lowest BCUT2D eigenvalue weighted by molar-refractivity contribution is -0.139. The number of likely N-dealkylation sites (tertiary alicyclic amines) is 1. The van der Waals surface area contributed by atoms with Gasteiger partial charge in [0.2, 0.25) is 11.8 Å². The van der Waals surface area contributed by atoms with E-state index in [-0.39, 0.29) is 30.7 Å². The molecule has 0 spiro atoms. The molecule has 1 saturated heterocycles. The van der Waals surface area contributed by atoms with Crippen LogP contribution in [0.15, 0.2) is 11.4 Å². The number of carbonyl (C=O) groups excluding carboxylic acids is 3. The second kappa shape index (κ2) is 9.81. The van der Waals surface area contributed by atoms with Gasteiger partial charge in [0.25, 0.3) is 0 Å². The molecule has 0 saturated carbocycles. The lowest BCUT2D eigenvalue weighted by Gasteiger charge is -2.36. The highest BCUT2D eigenvalue weighted by atomic mass is 32.1. The average molecular weight is 436 g/mol. The van der Waals surface area contributed by atoms with E-state index in [0.29, 0.717) is 19.6 Å². The Labute approximate surface area is 182 Å². The first-order valence-corrected chi connectivity index (χ1v) is 11.7. The Bertz CT molecular complexity index is 771. The van der Waals surface area contributed by atoms with Crippen LogP contribution in [-0.4, -0.2) is 59.0 Å². The number of hydrogen-bond donors (Lipinski definition) is 1. The highest BCUT2D eigenvalue weighted by Crippen LogP contribution is 2.25. The van der Waals surface area contributed by atoms with Crippen LogP contribution in [0.2, 0.25) is 0 Å². The van der Waals surface area contributed by atoms with Gasteiger partial charge in [-0.3, -0.25) is 9.59 Å². The van der Waals surface area contributed by atoms with Crippen LogP contribution in [-0.2, 0) is 27.3 Å². The van der Waals surface area contributed by atoms with Crippen LogP contribution < -0.4 is 5.32 Å². The molecule has 3 amide bonds. The maximum absolute atomic E-state index is 12.8. The van der Waals surface area contributed by atoms with Crippen LogP contribution in [0.3, 0.4) is 0 Å². The molecule has 0 aliphatic carbocycles. The zero-order valence-electron chi connectivity index (χ0n) is 18.2. The summed E-state index contributed by atoms with van der Waals surface area (Å²) in [7, 11) is 0. The fourth-order valence-electron chi connectivity index (χ4n) is 4.03. The van der Waals surface area contributed by atoms with Crippen molar-refractivity contribution in [2.75, 3.05) is 19.6 Å².